The average molecular weight is 556 g/mol. The summed E-state index contributed by atoms with van der Waals surface area (Å²) in [5.41, 5.74) is 1.63. The van der Waals surface area contributed by atoms with Gasteiger partial charge < -0.3 is 28.9 Å². The molecule has 4 aromatic rings. The van der Waals surface area contributed by atoms with Crippen LogP contribution in [0.2, 0.25) is 0 Å². The van der Waals surface area contributed by atoms with Crippen molar-refractivity contribution in [2.75, 3.05) is 43.2 Å². The molecule has 1 N–H and O–H groups in total. The van der Waals surface area contributed by atoms with Crippen LogP contribution < -0.4 is 14.5 Å². The van der Waals surface area contributed by atoms with Crippen molar-refractivity contribution in [2.45, 2.75) is 38.8 Å². The van der Waals surface area contributed by atoms with Gasteiger partial charge in [0.05, 0.1) is 50.6 Å². The van der Waals surface area contributed by atoms with Crippen LogP contribution in [0.5, 0.6) is 5.75 Å². The van der Waals surface area contributed by atoms with Gasteiger partial charge in [-0.15, -0.1) is 0 Å². The number of hydrogen-bond acceptors (Lipinski definition) is 9. The second kappa shape index (κ2) is 10.2. The Hall–Kier alpha value is -3.97. The van der Waals surface area contributed by atoms with Crippen molar-refractivity contribution in [3.63, 3.8) is 0 Å². The quantitative estimate of drug-likeness (QED) is 0.395. The lowest BCUT2D eigenvalue weighted by molar-refractivity contribution is -0.141. The molecule has 13 heteroatoms. The highest BCUT2D eigenvalue weighted by Gasteiger charge is 2.36. The highest BCUT2D eigenvalue weighted by atomic mass is 19.4. The number of anilines is 2. The molecule has 0 saturated carbocycles. The zero-order valence-electron chi connectivity index (χ0n) is 22.0. The van der Waals surface area contributed by atoms with Crippen LogP contribution in [0.25, 0.3) is 22.3 Å². The number of alkyl halides is 3. The lowest BCUT2D eigenvalue weighted by Gasteiger charge is -2.35. The van der Waals surface area contributed by atoms with Crippen molar-refractivity contribution < 1.29 is 27.8 Å². The maximum atomic E-state index is 13.3. The number of aliphatic hydroxyl groups is 1. The Balaban J connectivity index is 1.43. The molecule has 0 unspecified atom stereocenters. The van der Waals surface area contributed by atoms with E-state index in [1.807, 2.05) is 29.2 Å². The summed E-state index contributed by atoms with van der Waals surface area (Å²) >= 11 is 0. The number of morpholine rings is 1. The molecule has 0 amide bonds. The van der Waals surface area contributed by atoms with Gasteiger partial charge in [0.25, 0.3) is 0 Å². The van der Waals surface area contributed by atoms with Crippen LogP contribution in [0.3, 0.4) is 0 Å². The van der Waals surface area contributed by atoms with Gasteiger partial charge in [0.2, 0.25) is 5.95 Å². The van der Waals surface area contributed by atoms with E-state index < -0.39 is 11.9 Å². The van der Waals surface area contributed by atoms with Gasteiger partial charge in [0.1, 0.15) is 17.4 Å². The first-order valence-electron chi connectivity index (χ1n) is 12.9. The van der Waals surface area contributed by atoms with Gasteiger partial charge in [-0.05, 0) is 37.3 Å². The highest BCUT2D eigenvalue weighted by Crippen LogP contribution is 2.33. The predicted molar refractivity (Wildman–Crippen MR) is 141 cm³/mol. The molecule has 2 aliphatic heterocycles. The van der Waals surface area contributed by atoms with Crippen LogP contribution in [0, 0.1) is 0 Å². The van der Waals surface area contributed by atoms with Crippen LogP contribution >= 0.6 is 0 Å². The first-order valence-corrected chi connectivity index (χ1v) is 12.9. The minimum atomic E-state index is -4.51. The molecule has 10 nitrogen and oxygen atoms in total. The van der Waals surface area contributed by atoms with Gasteiger partial charge in [-0.1, -0.05) is 0 Å². The molecule has 1 fully saturated rings. The number of hydrogen-bond donors (Lipinski definition) is 1. The number of halogens is 3. The van der Waals surface area contributed by atoms with E-state index in [1.165, 1.54) is 4.57 Å². The fourth-order valence-electron chi connectivity index (χ4n) is 5.17. The third kappa shape index (κ3) is 4.79. The summed E-state index contributed by atoms with van der Waals surface area (Å²) in [6.07, 6.45) is -3.45. The number of aliphatic hydroxyl groups excluding tert-OH is 1. The third-order valence-corrected chi connectivity index (χ3v) is 7.29. The zero-order chi connectivity index (χ0) is 28.0. The first-order chi connectivity index (χ1) is 19.2. The van der Waals surface area contributed by atoms with Crippen LogP contribution in [0.15, 0.2) is 36.5 Å². The maximum Gasteiger partial charge on any atom is 0.434 e. The van der Waals surface area contributed by atoms with E-state index in [1.54, 1.807) is 13.2 Å². The second-order valence-corrected chi connectivity index (χ2v) is 9.87. The monoisotopic (exact) mass is 555 g/mol. The Bertz CT molecular complexity index is 1560. The Kier molecular flexibility index (Phi) is 6.70. The maximum absolute atomic E-state index is 13.3. The van der Waals surface area contributed by atoms with Crippen molar-refractivity contribution in [1.29, 1.82) is 0 Å². The van der Waals surface area contributed by atoms with E-state index in [4.69, 9.17) is 24.4 Å². The Morgan fingerprint density at radius 3 is 2.67 bits per heavy atom. The summed E-state index contributed by atoms with van der Waals surface area (Å²) in [5, 5.41) is 10.5. The van der Waals surface area contributed by atoms with E-state index >= 15 is 0 Å². The second-order valence-electron chi connectivity index (χ2n) is 9.87. The van der Waals surface area contributed by atoms with Crippen LogP contribution in [-0.2, 0) is 30.6 Å². The molecule has 1 aromatic carbocycles. The smallest absolute Gasteiger partial charge is 0.434 e. The minimum Gasteiger partial charge on any atom is -0.496 e. The molecule has 0 aliphatic carbocycles. The normalized spacial score (nSPS) is 17.8. The van der Waals surface area contributed by atoms with E-state index in [9.17, 15) is 18.3 Å². The molecule has 2 aliphatic rings. The lowest BCUT2D eigenvalue weighted by atomic mass is 10.1. The van der Waals surface area contributed by atoms with Gasteiger partial charge in [-0.2, -0.15) is 23.1 Å². The zero-order valence-corrected chi connectivity index (χ0v) is 22.0. The number of imidazole rings is 1. The van der Waals surface area contributed by atoms with Crippen LogP contribution in [0.1, 0.15) is 24.0 Å². The van der Waals surface area contributed by atoms with E-state index in [0.717, 1.165) is 17.1 Å². The summed E-state index contributed by atoms with van der Waals surface area (Å²) < 4.78 is 52.3. The van der Waals surface area contributed by atoms with Crippen molar-refractivity contribution in [3.8, 4) is 17.0 Å². The topological polar surface area (TPSA) is 102 Å². The van der Waals surface area contributed by atoms with Gasteiger partial charge in [0, 0.05) is 37.0 Å². The van der Waals surface area contributed by atoms with E-state index in [0.29, 0.717) is 73.1 Å². The number of pyridine rings is 1. The summed E-state index contributed by atoms with van der Waals surface area (Å²) in [5.74, 6) is 1.96. The predicted octanol–water partition coefficient (Wildman–Crippen LogP) is 3.65. The van der Waals surface area contributed by atoms with Crippen molar-refractivity contribution in [1.82, 2.24) is 24.5 Å². The number of nitrogens with zero attached hydrogens (tertiary/aromatic N) is 7. The first kappa shape index (κ1) is 26.3. The summed E-state index contributed by atoms with van der Waals surface area (Å²) in [6, 6.07) is 9.34. The standard InChI is InChI=1S/C27H28F3N7O3/c1-16-15-40-10-9-37(16)25-19-4-5-20(17-3-6-21(39-2)18(11-17)14-38)31-24(19)33-26(34-25)36-8-7-35-12-22(27(28,29)30)32-23(35)13-36/h3-6,11-12,16,38H,7-10,13-15H2,1-2H3/t16-/m0/s1. The number of aromatic nitrogens is 5. The third-order valence-electron chi connectivity index (χ3n) is 7.29. The number of ether oxygens (including phenoxy) is 2. The fraction of sp³-hybridized carbons (Fsp3) is 0.407. The molecule has 5 heterocycles. The number of methoxy groups -OCH3 is 1. The Morgan fingerprint density at radius 2 is 1.93 bits per heavy atom. The van der Waals surface area contributed by atoms with Gasteiger partial charge in [-0.3, -0.25) is 0 Å². The van der Waals surface area contributed by atoms with Crippen LogP contribution in [-0.4, -0.2) is 69.1 Å². The van der Waals surface area contributed by atoms with E-state index in [2.05, 4.69) is 16.8 Å². The van der Waals surface area contributed by atoms with E-state index in [-0.39, 0.29) is 19.2 Å². The molecule has 210 valence electrons. The van der Waals surface area contributed by atoms with Crippen molar-refractivity contribution >= 4 is 22.8 Å². The van der Waals surface area contributed by atoms with Crippen LogP contribution in [0.4, 0.5) is 24.9 Å². The molecule has 6 rings (SSSR count). The molecule has 0 spiro atoms. The SMILES string of the molecule is COc1ccc(-c2ccc3c(N4CCOC[C@@H]4C)nc(N4CCn5cc(C(F)(F)F)nc5C4)nc3n2)cc1CO. The number of benzene rings is 1. The highest BCUT2D eigenvalue weighted by molar-refractivity contribution is 5.90. The van der Waals surface area contributed by atoms with Gasteiger partial charge >= 0.3 is 6.18 Å². The molecule has 0 bridgehead atoms. The molecular weight excluding hydrogens is 527 g/mol. The number of rotatable bonds is 5. The van der Waals surface area contributed by atoms with Crippen molar-refractivity contribution in [3.05, 3.63) is 53.6 Å². The minimum absolute atomic E-state index is 0.0580. The van der Waals surface area contributed by atoms with Gasteiger partial charge in [-0.25, -0.2) is 9.97 Å². The Labute approximate surface area is 228 Å². The number of fused-ring (bicyclic) bond motifs is 2. The molecule has 40 heavy (non-hydrogen) atoms. The molecule has 1 atom stereocenters. The molecular formula is C27H28F3N7O3. The molecule has 0 radical (unpaired) electrons. The fourth-order valence-corrected chi connectivity index (χ4v) is 5.17. The molecule has 3 aromatic heterocycles. The van der Waals surface area contributed by atoms with Gasteiger partial charge in [0.15, 0.2) is 11.3 Å². The Morgan fingerprint density at radius 1 is 1.07 bits per heavy atom. The molecule has 1 saturated heterocycles. The summed E-state index contributed by atoms with van der Waals surface area (Å²) in [7, 11) is 1.55. The average Bonchev–Trinajstić information content (AvgIpc) is 3.41. The largest absolute Gasteiger partial charge is 0.496 e. The van der Waals surface area contributed by atoms with Crippen molar-refractivity contribution in [2.24, 2.45) is 0 Å². The summed E-state index contributed by atoms with van der Waals surface area (Å²) in [6.45, 7) is 4.48. The summed E-state index contributed by atoms with van der Waals surface area (Å²) in [4.78, 5) is 22.4. The lowest BCUT2D eigenvalue weighted by Crippen LogP contribution is -2.44.